The van der Waals surface area contributed by atoms with Crippen LogP contribution in [0.2, 0.25) is 0 Å². The standard InChI is InChI=1S/C88H74B2N2O3/c1-11-72(54(4)53(2)3)91-73-52-74-71(51-70(73)89-68-41-39-59(55-27-16-12-17-28-55)44-79(68)94-81-46-61(43-75(91)84(81)89)64-36-26-38-78-83(64)65-35-24-25-37-77(65)93-78)90-69-42-40-60(56-29-18-13-19-30-56)45-80(69)95-82-50-63(88(8,9)10)49-76(85(82)90)92(74)86-66(57-31-20-14-21-32-57)47-62(87(5,6)7)48-67(86)58-33-22-15-23-34-58/h11-54,72H,1H2,2-10H3/t54-,72?/m0/s1. The van der Waals surface area contributed by atoms with E-state index < -0.39 is 0 Å². The van der Waals surface area contributed by atoms with Gasteiger partial charge in [0, 0.05) is 44.6 Å². The first-order valence-electron chi connectivity index (χ1n) is 33.8. The highest BCUT2D eigenvalue weighted by Gasteiger charge is 2.49. The maximum absolute atomic E-state index is 7.59. The van der Waals surface area contributed by atoms with E-state index in [0.717, 1.165) is 151 Å². The number of fused-ring (bicyclic) bond motifs is 11. The van der Waals surface area contributed by atoms with Crippen molar-refractivity contribution in [1.29, 1.82) is 0 Å². The Morgan fingerprint density at radius 2 is 0.884 bits per heavy atom. The average molecular weight is 1230 g/mol. The fourth-order valence-corrected chi connectivity index (χ4v) is 15.7. The zero-order chi connectivity index (χ0) is 64.8. The molecule has 0 radical (unpaired) electrons. The lowest BCUT2D eigenvalue weighted by atomic mass is 9.30. The van der Waals surface area contributed by atoms with Gasteiger partial charge in [-0.05, 0) is 178 Å². The molecule has 2 atom stereocenters. The van der Waals surface area contributed by atoms with Crippen molar-refractivity contribution in [3.63, 3.8) is 0 Å². The zero-order valence-corrected chi connectivity index (χ0v) is 55.5. The summed E-state index contributed by atoms with van der Waals surface area (Å²) in [6.07, 6.45) is 2.21. The molecule has 0 spiro atoms. The van der Waals surface area contributed by atoms with E-state index in [9.17, 15) is 0 Å². The maximum atomic E-state index is 7.59. The van der Waals surface area contributed by atoms with Crippen LogP contribution >= 0.6 is 0 Å². The Morgan fingerprint density at radius 3 is 1.44 bits per heavy atom. The lowest BCUT2D eigenvalue weighted by molar-refractivity contribution is 0.381. The van der Waals surface area contributed by atoms with Crippen LogP contribution in [0.25, 0.3) is 77.6 Å². The number of para-hydroxylation sites is 1. The fourth-order valence-electron chi connectivity index (χ4n) is 15.7. The normalized spacial score (nSPS) is 14.1. The van der Waals surface area contributed by atoms with Crippen molar-refractivity contribution in [1.82, 2.24) is 0 Å². The van der Waals surface area contributed by atoms with E-state index in [4.69, 9.17) is 20.5 Å². The van der Waals surface area contributed by atoms with Gasteiger partial charge in [-0.1, -0.05) is 250 Å². The molecular formula is C88H74B2N2O3. The third-order valence-electron chi connectivity index (χ3n) is 21.0. The summed E-state index contributed by atoms with van der Waals surface area (Å²) in [5.41, 5.74) is 27.5. The van der Waals surface area contributed by atoms with Crippen molar-refractivity contribution in [2.75, 3.05) is 9.80 Å². The number of rotatable bonds is 10. The fraction of sp³-hybridized carbons (Fsp3) is 0.159. The Kier molecular flexibility index (Phi) is 13.6. The Morgan fingerprint density at radius 1 is 0.389 bits per heavy atom. The molecule has 4 aliphatic heterocycles. The topological polar surface area (TPSA) is 38.1 Å². The number of hydrogen-bond donors (Lipinski definition) is 0. The van der Waals surface area contributed by atoms with Crippen LogP contribution in [0.5, 0.6) is 23.0 Å². The van der Waals surface area contributed by atoms with Gasteiger partial charge in [-0.2, -0.15) is 0 Å². The SMILES string of the molecule is C=CC([C@@H](C)C(C)C)N1c2cc3c(cc2B2c4ccc(-c5ccccc5)cc4Oc4cc(-c5cccc6oc7ccccc7c56)cc1c42)B1c2ccc(-c4ccccc4)cc2Oc2cc(C(C)(C)C)cc(c21)N3c1c(-c2ccccc2)cc(C(C)(C)C)cc1-c1ccccc1. The maximum Gasteiger partial charge on any atom is 0.256 e. The highest BCUT2D eigenvalue weighted by atomic mass is 16.5. The quantitative estimate of drug-likeness (QED) is 0.101. The molecule has 0 saturated carbocycles. The van der Waals surface area contributed by atoms with Crippen molar-refractivity contribution in [3.8, 4) is 78.6 Å². The molecule has 13 aromatic rings. The van der Waals surface area contributed by atoms with E-state index >= 15 is 0 Å². The van der Waals surface area contributed by atoms with Crippen molar-refractivity contribution in [2.24, 2.45) is 11.8 Å². The summed E-state index contributed by atoms with van der Waals surface area (Å²) in [6.45, 7) is 25.4. The lowest BCUT2D eigenvalue weighted by Gasteiger charge is -2.48. The Balaban J connectivity index is 1.03. The van der Waals surface area contributed by atoms with Gasteiger partial charge in [0.1, 0.15) is 34.2 Å². The van der Waals surface area contributed by atoms with Gasteiger partial charge in [-0.25, -0.2) is 0 Å². The molecule has 0 amide bonds. The molecule has 17 rings (SSSR count). The van der Waals surface area contributed by atoms with Crippen LogP contribution in [0.15, 0.2) is 266 Å². The molecule has 0 aliphatic carbocycles. The molecule has 7 heteroatoms. The van der Waals surface area contributed by atoms with Crippen LogP contribution in [0.3, 0.4) is 0 Å². The van der Waals surface area contributed by atoms with E-state index in [1.807, 2.05) is 0 Å². The second-order valence-electron chi connectivity index (χ2n) is 29.1. The summed E-state index contributed by atoms with van der Waals surface area (Å²) in [5.74, 6) is 3.89. The van der Waals surface area contributed by atoms with Crippen molar-refractivity contribution >= 4 is 96.6 Å². The number of furan rings is 1. The van der Waals surface area contributed by atoms with Gasteiger partial charge in [-0.15, -0.1) is 6.58 Å². The first kappa shape index (κ1) is 58.3. The Hall–Kier alpha value is -10.5. The molecule has 5 heterocycles. The molecule has 1 unspecified atom stereocenters. The van der Waals surface area contributed by atoms with Crippen molar-refractivity contribution < 1.29 is 13.9 Å². The average Bonchev–Trinajstić information content (AvgIpc) is 0.979. The number of nitrogens with zero attached hydrogens (tertiary/aromatic N) is 2. The monoisotopic (exact) mass is 1230 g/mol. The predicted octanol–water partition coefficient (Wildman–Crippen LogP) is 19.8. The van der Waals surface area contributed by atoms with Crippen LogP contribution in [-0.2, 0) is 10.8 Å². The summed E-state index contributed by atoms with van der Waals surface area (Å²) >= 11 is 0. The van der Waals surface area contributed by atoms with E-state index in [1.165, 1.54) is 22.1 Å². The van der Waals surface area contributed by atoms with E-state index in [2.05, 4.69) is 327 Å². The summed E-state index contributed by atoms with van der Waals surface area (Å²) in [6, 6.07) is 92.0. The van der Waals surface area contributed by atoms with Crippen LogP contribution in [-0.4, -0.2) is 19.5 Å². The predicted molar refractivity (Wildman–Crippen MR) is 402 cm³/mol. The Bertz CT molecular complexity index is 5190. The lowest BCUT2D eigenvalue weighted by Crippen LogP contribution is -2.65. The second-order valence-corrected chi connectivity index (χ2v) is 29.1. The van der Waals surface area contributed by atoms with Gasteiger partial charge in [0.25, 0.3) is 13.4 Å². The van der Waals surface area contributed by atoms with Crippen LogP contribution in [0.4, 0.5) is 28.4 Å². The molecule has 0 saturated heterocycles. The molecule has 0 bridgehead atoms. The Labute approximate surface area is 559 Å². The highest BCUT2D eigenvalue weighted by molar-refractivity contribution is 7.02. The number of benzene rings is 12. The number of hydrogen-bond acceptors (Lipinski definition) is 5. The minimum Gasteiger partial charge on any atom is -0.458 e. The van der Waals surface area contributed by atoms with Crippen LogP contribution in [0.1, 0.15) is 73.4 Å². The summed E-state index contributed by atoms with van der Waals surface area (Å²) in [7, 11) is 0. The second kappa shape index (κ2) is 22.1. The van der Waals surface area contributed by atoms with Crippen LogP contribution < -0.4 is 52.1 Å². The van der Waals surface area contributed by atoms with Gasteiger partial charge >= 0.3 is 0 Å². The highest BCUT2D eigenvalue weighted by Crippen LogP contribution is 2.54. The van der Waals surface area contributed by atoms with Gasteiger partial charge in [0.05, 0.1) is 11.7 Å². The van der Waals surface area contributed by atoms with Crippen molar-refractivity contribution in [2.45, 2.75) is 79.2 Å². The van der Waals surface area contributed by atoms with Gasteiger partial charge in [0.2, 0.25) is 0 Å². The molecular weight excluding hydrogens is 1150 g/mol. The molecule has 0 N–H and O–H groups in total. The van der Waals surface area contributed by atoms with E-state index in [-0.39, 0.29) is 36.2 Å². The van der Waals surface area contributed by atoms with Crippen LogP contribution in [0, 0.1) is 11.8 Å². The third-order valence-corrected chi connectivity index (χ3v) is 21.0. The summed E-state index contributed by atoms with van der Waals surface area (Å²) in [4.78, 5) is 5.34. The smallest absolute Gasteiger partial charge is 0.256 e. The third kappa shape index (κ3) is 9.43. The minimum absolute atomic E-state index is 0.158. The van der Waals surface area contributed by atoms with E-state index in [0.29, 0.717) is 5.92 Å². The number of anilines is 5. The minimum atomic E-state index is -0.261. The van der Waals surface area contributed by atoms with E-state index in [1.54, 1.807) is 0 Å². The van der Waals surface area contributed by atoms with Crippen molar-refractivity contribution in [3.05, 3.63) is 273 Å². The van der Waals surface area contributed by atoms with Gasteiger partial charge in [-0.3, -0.25) is 0 Å². The van der Waals surface area contributed by atoms with Gasteiger partial charge in [0.15, 0.2) is 0 Å². The number of ether oxygens (including phenoxy) is 2. The molecule has 0 fully saturated rings. The molecule has 4 aliphatic rings. The molecule has 95 heavy (non-hydrogen) atoms. The largest absolute Gasteiger partial charge is 0.458 e. The molecule has 12 aromatic carbocycles. The molecule has 460 valence electrons. The van der Waals surface area contributed by atoms with Gasteiger partial charge < -0.3 is 23.7 Å². The molecule has 1 aromatic heterocycles. The zero-order valence-electron chi connectivity index (χ0n) is 55.5. The summed E-state index contributed by atoms with van der Waals surface area (Å²) < 4.78 is 21.8. The summed E-state index contributed by atoms with van der Waals surface area (Å²) in [5, 5.41) is 2.16. The molecule has 5 nitrogen and oxygen atoms in total. The first-order valence-corrected chi connectivity index (χ1v) is 33.8. The first-order chi connectivity index (χ1) is 46.1.